The Bertz CT molecular complexity index is 534. The minimum absolute atomic E-state index is 0.186. The standard InChI is InChI=1S/C15H17F9O2/c1-8(2)11(25)26-10(9-5-3-4-6-9)7-12(16,17)13(18,19)14(20,21)15(22,23)24/h9-10H,1,3-7H2,2H3. The van der Waals surface area contributed by atoms with Crippen molar-refractivity contribution in [2.24, 2.45) is 5.92 Å². The van der Waals surface area contributed by atoms with E-state index >= 15 is 0 Å². The molecular formula is C15H17F9O2. The van der Waals surface area contributed by atoms with Crippen molar-refractivity contribution in [2.45, 2.75) is 69.1 Å². The fourth-order valence-corrected chi connectivity index (χ4v) is 2.66. The predicted octanol–water partition coefficient (Wildman–Crippen LogP) is 5.52. The summed E-state index contributed by atoms with van der Waals surface area (Å²) in [5, 5.41) is 0. The SMILES string of the molecule is C=C(C)C(=O)OC(CC(F)(F)C(F)(F)C(F)(F)C(F)(F)F)C1CCCC1. The van der Waals surface area contributed by atoms with Gasteiger partial charge >= 0.3 is 29.9 Å². The van der Waals surface area contributed by atoms with Crippen LogP contribution in [0.15, 0.2) is 12.2 Å². The second-order valence-corrected chi connectivity index (χ2v) is 6.32. The van der Waals surface area contributed by atoms with Gasteiger partial charge in [0.2, 0.25) is 0 Å². The highest BCUT2D eigenvalue weighted by Gasteiger charge is 2.81. The lowest BCUT2D eigenvalue weighted by Gasteiger charge is -2.36. The van der Waals surface area contributed by atoms with Crippen LogP contribution in [0, 0.1) is 5.92 Å². The number of esters is 1. The summed E-state index contributed by atoms with van der Waals surface area (Å²) in [5.74, 6) is -21.5. The molecule has 0 spiro atoms. The van der Waals surface area contributed by atoms with Crippen molar-refractivity contribution in [3.63, 3.8) is 0 Å². The summed E-state index contributed by atoms with van der Waals surface area (Å²) in [7, 11) is 0. The van der Waals surface area contributed by atoms with Crippen molar-refractivity contribution < 1.29 is 49.0 Å². The zero-order chi connectivity index (χ0) is 20.6. The molecule has 1 atom stereocenters. The number of carbonyl (C=O) groups is 1. The Hall–Kier alpha value is -1.42. The van der Waals surface area contributed by atoms with Gasteiger partial charge in [-0.3, -0.25) is 0 Å². The lowest BCUT2D eigenvalue weighted by molar-refractivity contribution is -0.398. The largest absolute Gasteiger partial charge is 0.460 e. The third kappa shape index (κ3) is 4.28. The van der Waals surface area contributed by atoms with Gasteiger partial charge in [-0.05, 0) is 25.7 Å². The molecule has 0 N–H and O–H groups in total. The van der Waals surface area contributed by atoms with Crippen LogP contribution in [-0.2, 0) is 9.53 Å². The van der Waals surface area contributed by atoms with Gasteiger partial charge in [0.25, 0.3) is 0 Å². The van der Waals surface area contributed by atoms with Crippen LogP contribution >= 0.6 is 0 Å². The van der Waals surface area contributed by atoms with Gasteiger partial charge in [0, 0.05) is 5.57 Å². The molecule has 1 unspecified atom stereocenters. The van der Waals surface area contributed by atoms with Crippen molar-refractivity contribution >= 4 is 5.97 Å². The van der Waals surface area contributed by atoms with Crippen molar-refractivity contribution in [3.05, 3.63) is 12.2 Å². The van der Waals surface area contributed by atoms with E-state index in [1.54, 1.807) is 0 Å². The maximum absolute atomic E-state index is 13.8. The van der Waals surface area contributed by atoms with Crippen LogP contribution in [0.25, 0.3) is 0 Å². The smallest absolute Gasteiger partial charge is 0.459 e. The van der Waals surface area contributed by atoms with Crippen LogP contribution in [-0.4, -0.2) is 36.0 Å². The van der Waals surface area contributed by atoms with Crippen LogP contribution < -0.4 is 0 Å². The predicted molar refractivity (Wildman–Crippen MR) is 72.2 cm³/mol. The van der Waals surface area contributed by atoms with E-state index in [1.807, 2.05) is 0 Å². The first kappa shape index (κ1) is 22.6. The molecule has 0 bridgehead atoms. The lowest BCUT2D eigenvalue weighted by atomic mass is 9.91. The second kappa shape index (κ2) is 7.30. The molecule has 11 heteroatoms. The third-order valence-corrected chi connectivity index (χ3v) is 4.20. The van der Waals surface area contributed by atoms with Gasteiger partial charge in [0.05, 0.1) is 6.42 Å². The highest BCUT2D eigenvalue weighted by atomic mass is 19.4. The summed E-state index contributed by atoms with van der Waals surface area (Å²) in [5.41, 5.74) is -0.260. The van der Waals surface area contributed by atoms with Gasteiger partial charge in [-0.25, -0.2) is 4.79 Å². The van der Waals surface area contributed by atoms with E-state index in [1.165, 1.54) is 0 Å². The zero-order valence-corrected chi connectivity index (χ0v) is 13.6. The van der Waals surface area contributed by atoms with E-state index in [0.717, 1.165) is 6.92 Å². The second-order valence-electron chi connectivity index (χ2n) is 6.32. The Labute approximate surface area is 143 Å². The summed E-state index contributed by atoms with van der Waals surface area (Å²) >= 11 is 0. The molecule has 26 heavy (non-hydrogen) atoms. The van der Waals surface area contributed by atoms with Crippen LogP contribution in [0.4, 0.5) is 39.5 Å². The molecule has 1 aliphatic carbocycles. The average molecular weight is 400 g/mol. The van der Waals surface area contributed by atoms with Crippen molar-refractivity contribution in [3.8, 4) is 0 Å². The number of halogens is 9. The van der Waals surface area contributed by atoms with E-state index in [9.17, 15) is 44.3 Å². The molecular weight excluding hydrogens is 383 g/mol. The van der Waals surface area contributed by atoms with Crippen molar-refractivity contribution in [1.82, 2.24) is 0 Å². The van der Waals surface area contributed by atoms with Gasteiger partial charge in [0.15, 0.2) is 0 Å². The number of rotatable bonds is 7. The minimum atomic E-state index is -6.96. The molecule has 0 aliphatic heterocycles. The molecule has 0 radical (unpaired) electrons. The molecule has 0 amide bonds. The molecule has 1 saturated carbocycles. The molecule has 0 aromatic carbocycles. The minimum Gasteiger partial charge on any atom is -0.459 e. The molecule has 0 heterocycles. The maximum atomic E-state index is 13.8. The molecule has 1 rings (SSSR count). The average Bonchev–Trinajstić information content (AvgIpc) is 2.98. The highest BCUT2D eigenvalue weighted by Crippen LogP contribution is 2.55. The number of hydrogen-bond acceptors (Lipinski definition) is 2. The first-order chi connectivity index (χ1) is 11.5. The first-order valence-electron chi connectivity index (χ1n) is 7.61. The van der Waals surface area contributed by atoms with E-state index in [-0.39, 0.29) is 18.4 Å². The zero-order valence-electron chi connectivity index (χ0n) is 13.6. The Kier molecular flexibility index (Phi) is 6.35. The molecule has 0 aromatic rings. The summed E-state index contributed by atoms with van der Waals surface area (Å²) in [6, 6.07) is 0. The van der Waals surface area contributed by atoms with E-state index in [2.05, 4.69) is 11.3 Å². The Balaban J connectivity index is 3.13. The normalized spacial score (nSPS) is 18.7. The topological polar surface area (TPSA) is 26.3 Å². The first-order valence-corrected chi connectivity index (χ1v) is 7.61. The monoisotopic (exact) mass is 400 g/mol. The molecule has 0 aromatic heterocycles. The fourth-order valence-electron chi connectivity index (χ4n) is 2.66. The lowest BCUT2D eigenvalue weighted by Crippen LogP contribution is -2.61. The Morgan fingerprint density at radius 2 is 1.46 bits per heavy atom. The summed E-state index contributed by atoms with van der Waals surface area (Å²) < 4.78 is 122. The van der Waals surface area contributed by atoms with Gasteiger partial charge in [-0.15, -0.1) is 0 Å². The Morgan fingerprint density at radius 1 is 1.00 bits per heavy atom. The van der Waals surface area contributed by atoms with Gasteiger partial charge in [-0.1, -0.05) is 19.4 Å². The quantitative estimate of drug-likeness (QED) is 0.320. The van der Waals surface area contributed by atoms with E-state index in [4.69, 9.17) is 0 Å². The van der Waals surface area contributed by atoms with Crippen molar-refractivity contribution in [2.75, 3.05) is 0 Å². The van der Waals surface area contributed by atoms with Crippen LogP contribution in [0.1, 0.15) is 39.0 Å². The van der Waals surface area contributed by atoms with Crippen LogP contribution in [0.5, 0.6) is 0 Å². The maximum Gasteiger partial charge on any atom is 0.460 e. The van der Waals surface area contributed by atoms with Crippen LogP contribution in [0.3, 0.4) is 0 Å². The van der Waals surface area contributed by atoms with Crippen LogP contribution in [0.2, 0.25) is 0 Å². The molecule has 152 valence electrons. The number of ether oxygens (including phenoxy) is 1. The van der Waals surface area contributed by atoms with Gasteiger partial charge in [-0.2, -0.15) is 39.5 Å². The number of carbonyl (C=O) groups excluding carboxylic acids is 1. The van der Waals surface area contributed by atoms with Gasteiger partial charge in [0.1, 0.15) is 6.10 Å². The van der Waals surface area contributed by atoms with E-state index < -0.39 is 48.4 Å². The number of hydrogen-bond donors (Lipinski definition) is 0. The summed E-state index contributed by atoms with van der Waals surface area (Å²) in [6.45, 7) is 4.31. The summed E-state index contributed by atoms with van der Waals surface area (Å²) in [4.78, 5) is 11.5. The molecule has 0 saturated heterocycles. The molecule has 1 aliphatic rings. The molecule has 1 fully saturated rings. The summed E-state index contributed by atoms with van der Waals surface area (Å²) in [6.07, 6.45) is -9.62. The molecule has 2 nitrogen and oxygen atoms in total. The third-order valence-electron chi connectivity index (χ3n) is 4.20. The van der Waals surface area contributed by atoms with Crippen molar-refractivity contribution in [1.29, 1.82) is 0 Å². The number of alkyl halides is 9. The van der Waals surface area contributed by atoms with Gasteiger partial charge < -0.3 is 4.74 Å². The Morgan fingerprint density at radius 3 is 1.85 bits per heavy atom. The van der Waals surface area contributed by atoms with E-state index in [0.29, 0.717) is 12.8 Å². The fraction of sp³-hybridized carbons (Fsp3) is 0.800. The highest BCUT2D eigenvalue weighted by molar-refractivity contribution is 5.87.